The van der Waals surface area contributed by atoms with Gasteiger partial charge in [0.15, 0.2) is 5.82 Å². The number of hydrogen-bond acceptors (Lipinski definition) is 4. The van der Waals surface area contributed by atoms with Crippen molar-refractivity contribution < 1.29 is 17.9 Å². The lowest BCUT2D eigenvalue weighted by Crippen LogP contribution is -1.95. The van der Waals surface area contributed by atoms with E-state index in [1.165, 1.54) is 6.07 Å². The highest BCUT2D eigenvalue weighted by molar-refractivity contribution is 8.13. The highest BCUT2D eigenvalue weighted by atomic mass is 35.7. The van der Waals surface area contributed by atoms with Gasteiger partial charge < -0.3 is 5.11 Å². The standard InChI is InChI=1S/C9H4Cl2FNO3S/c10-4-1-5-8(6(12)2-4)13-3-7(9(5)14)17(11,15)16/h1-3H,(H,13,14). The molecule has 0 aliphatic rings. The summed E-state index contributed by atoms with van der Waals surface area (Å²) in [6, 6.07) is 2.21. The first-order valence-corrected chi connectivity index (χ1v) is 6.91. The quantitative estimate of drug-likeness (QED) is 0.821. The van der Waals surface area contributed by atoms with Crippen LogP contribution >= 0.6 is 22.3 Å². The number of rotatable bonds is 1. The van der Waals surface area contributed by atoms with Crippen molar-refractivity contribution in [3.8, 4) is 5.75 Å². The third kappa shape index (κ3) is 2.15. The van der Waals surface area contributed by atoms with Gasteiger partial charge in [-0.2, -0.15) is 0 Å². The van der Waals surface area contributed by atoms with Crippen LogP contribution in [-0.4, -0.2) is 18.5 Å². The summed E-state index contributed by atoms with van der Waals surface area (Å²) in [5, 5.41) is 9.60. The van der Waals surface area contributed by atoms with Crippen LogP contribution < -0.4 is 0 Å². The van der Waals surface area contributed by atoms with Crippen LogP contribution in [0.25, 0.3) is 10.9 Å². The largest absolute Gasteiger partial charge is 0.506 e. The zero-order valence-electron chi connectivity index (χ0n) is 7.99. The number of benzene rings is 1. The minimum Gasteiger partial charge on any atom is -0.506 e. The predicted molar refractivity (Wildman–Crippen MR) is 61.4 cm³/mol. The van der Waals surface area contributed by atoms with Crippen molar-refractivity contribution in [1.29, 1.82) is 0 Å². The Labute approximate surface area is 105 Å². The zero-order valence-corrected chi connectivity index (χ0v) is 10.3. The molecule has 0 bridgehead atoms. The Bertz CT molecular complexity index is 718. The van der Waals surface area contributed by atoms with Gasteiger partial charge in [0.1, 0.15) is 16.2 Å². The smallest absolute Gasteiger partial charge is 0.266 e. The highest BCUT2D eigenvalue weighted by Crippen LogP contribution is 2.34. The lowest BCUT2D eigenvalue weighted by molar-refractivity contribution is 0.465. The van der Waals surface area contributed by atoms with Crippen LogP contribution in [0.3, 0.4) is 0 Å². The minimum absolute atomic E-state index is 0.0104. The van der Waals surface area contributed by atoms with Crippen LogP contribution in [0, 0.1) is 5.82 Å². The molecular formula is C9H4Cl2FNO3S. The number of halogens is 3. The van der Waals surface area contributed by atoms with E-state index in [1.54, 1.807) is 0 Å². The van der Waals surface area contributed by atoms with Crippen molar-refractivity contribution in [1.82, 2.24) is 4.98 Å². The van der Waals surface area contributed by atoms with E-state index >= 15 is 0 Å². The molecule has 0 unspecified atom stereocenters. The third-order valence-corrected chi connectivity index (χ3v) is 3.63. The van der Waals surface area contributed by atoms with Crippen molar-refractivity contribution in [2.45, 2.75) is 4.90 Å². The lowest BCUT2D eigenvalue weighted by Gasteiger charge is -2.05. The molecule has 90 valence electrons. The van der Waals surface area contributed by atoms with Gasteiger partial charge in [0.25, 0.3) is 9.05 Å². The van der Waals surface area contributed by atoms with Gasteiger partial charge >= 0.3 is 0 Å². The van der Waals surface area contributed by atoms with Crippen molar-refractivity contribution >= 4 is 42.2 Å². The zero-order chi connectivity index (χ0) is 12.8. The van der Waals surface area contributed by atoms with E-state index in [0.717, 1.165) is 12.3 Å². The fraction of sp³-hybridized carbons (Fsp3) is 0. The molecule has 0 aliphatic carbocycles. The lowest BCUT2D eigenvalue weighted by atomic mass is 10.2. The molecular weight excluding hydrogens is 292 g/mol. The van der Waals surface area contributed by atoms with Crippen molar-refractivity contribution in [2.75, 3.05) is 0 Å². The van der Waals surface area contributed by atoms with E-state index in [1.807, 2.05) is 0 Å². The van der Waals surface area contributed by atoms with E-state index in [9.17, 15) is 17.9 Å². The van der Waals surface area contributed by atoms with Crippen LogP contribution in [0.5, 0.6) is 5.75 Å². The maximum atomic E-state index is 13.4. The van der Waals surface area contributed by atoms with Gasteiger partial charge in [0.2, 0.25) is 0 Å². The summed E-state index contributed by atoms with van der Waals surface area (Å²) in [5.41, 5.74) is -0.184. The molecule has 1 aromatic carbocycles. The third-order valence-electron chi connectivity index (χ3n) is 2.09. The summed E-state index contributed by atoms with van der Waals surface area (Å²) in [6.07, 6.45) is 0.789. The van der Waals surface area contributed by atoms with Gasteiger partial charge in [0, 0.05) is 21.1 Å². The number of hydrogen-bond donors (Lipinski definition) is 1. The van der Waals surface area contributed by atoms with Gasteiger partial charge in [-0.15, -0.1) is 0 Å². The van der Waals surface area contributed by atoms with Crippen LogP contribution in [0.2, 0.25) is 5.02 Å². The van der Waals surface area contributed by atoms with Crippen molar-refractivity contribution in [3.05, 3.63) is 29.2 Å². The number of fused-ring (bicyclic) bond motifs is 1. The Kier molecular flexibility index (Phi) is 2.89. The van der Waals surface area contributed by atoms with Gasteiger partial charge in [-0.05, 0) is 12.1 Å². The SMILES string of the molecule is O=S(=O)(Cl)c1cnc2c(F)cc(Cl)cc2c1O. The molecule has 0 saturated heterocycles. The Morgan fingerprint density at radius 2 is 2.00 bits per heavy atom. The minimum atomic E-state index is -4.16. The summed E-state index contributed by atoms with van der Waals surface area (Å²) in [4.78, 5) is 3.00. The predicted octanol–water partition coefficient (Wildman–Crippen LogP) is 2.66. The highest BCUT2D eigenvalue weighted by Gasteiger charge is 2.20. The van der Waals surface area contributed by atoms with Gasteiger partial charge in [-0.25, -0.2) is 12.8 Å². The number of pyridine rings is 1. The first-order valence-electron chi connectivity index (χ1n) is 4.22. The van der Waals surface area contributed by atoms with Crippen molar-refractivity contribution in [3.63, 3.8) is 0 Å². The molecule has 0 saturated carbocycles. The van der Waals surface area contributed by atoms with E-state index in [4.69, 9.17) is 22.3 Å². The normalized spacial score (nSPS) is 11.9. The second-order valence-electron chi connectivity index (χ2n) is 3.19. The fourth-order valence-corrected chi connectivity index (χ4v) is 2.44. The van der Waals surface area contributed by atoms with Crippen LogP contribution in [-0.2, 0) is 9.05 Å². The van der Waals surface area contributed by atoms with E-state index in [2.05, 4.69) is 4.98 Å². The molecule has 1 heterocycles. The molecule has 2 aromatic rings. The van der Waals surface area contributed by atoms with Gasteiger partial charge in [-0.1, -0.05) is 11.6 Å². The molecule has 1 N–H and O–H groups in total. The maximum absolute atomic E-state index is 13.4. The molecule has 0 radical (unpaired) electrons. The van der Waals surface area contributed by atoms with E-state index in [-0.39, 0.29) is 15.9 Å². The van der Waals surface area contributed by atoms with E-state index < -0.39 is 25.5 Å². The summed E-state index contributed by atoms with van der Waals surface area (Å²) < 4.78 is 35.6. The first kappa shape index (κ1) is 12.3. The Morgan fingerprint density at radius 3 is 2.59 bits per heavy atom. The molecule has 0 aliphatic heterocycles. The number of nitrogens with zero attached hydrogens (tertiary/aromatic N) is 1. The molecule has 8 heteroatoms. The number of aromatic hydroxyl groups is 1. The van der Waals surface area contributed by atoms with Gasteiger partial charge in [-0.3, -0.25) is 4.98 Å². The first-order chi connectivity index (χ1) is 7.80. The molecule has 0 atom stereocenters. The average Bonchev–Trinajstić information content (AvgIpc) is 2.17. The van der Waals surface area contributed by atoms with Crippen LogP contribution in [0.4, 0.5) is 4.39 Å². The summed E-state index contributed by atoms with van der Waals surface area (Å²) in [7, 11) is 0.933. The second-order valence-corrected chi connectivity index (χ2v) is 6.16. The molecule has 0 spiro atoms. The van der Waals surface area contributed by atoms with Crippen molar-refractivity contribution in [2.24, 2.45) is 0 Å². The van der Waals surface area contributed by atoms with Crippen LogP contribution in [0.1, 0.15) is 0 Å². The molecule has 17 heavy (non-hydrogen) atoms. The van der Waals surface area contributed by atoms with Gasteiger partial charge in [0.05, 0.1) is 6.20 Å². The second kappa shape index (κ2) is 3.97. The van der Waals surface area contributed by atoms with E-state index in [0.29, 0.717) is 0 Å². The summed E-state index contributed by atoms with van der Waals surface area (Å²) in [6.45, 7) is 0. The Hall–Kier alpha value is -1.11. The summed E-state index contributed by atoms with van der Waals surface area (Å²) in [5.74, 6) is -1.44. The molecule has 4 nitrogen and oxygen atoms in total. The monoisotopic (exact) mass is 295 g/mol. The maximum Gasteiger partial charge on any atom is 0.266 e. The fourth-order valence-electron chi connectivity index (χ4n) is 1.37. The molecule has 1 aromatic heterocycles. The Balaban J connectivity index is 2.94. The molecule has 0 amide bonds. The topological polar surface area (TPSA) is 67.3 Å². The average molecular weight is 296 g/mol. The molecule has 0 fully saturated rings. The number of aromatic nitrogens is 1. The molecule has 2 rings (SSSR count). The van der Waals surface area contributed by atoms with Crippen LogP contribution in [0.15, 0.2) is 23.2 Å². The Morgan fingerprint density at radius 1 is 1.35 bits per heavy atom. The summed E-state index contributed by atoms with van der Waals surface area (Å²) >= 11 is 5.60.